The van der Waals surface area contributed by atoms with Crippen molar-refractivity contribution in [2.45, 2.75) is 13.0 Å². The molecule has 1 N–H and O–H groups in total. The normalized spacial score (nSPS) is 11.7. The van der Waals surface area contributed by atoms with Crippen LogP contribution in [-0.2, 0) is 17.8 Å². The Hall–Kier alpha value is -4.79. The molecule has 0 spiro atoms. The van der Waals surface area contributed by atoms with Gasteiger partial charge in [0, 0.05) is 12.1 Å². The summed E-state index contributed by atoms with van der Waals surface area (Å²) >= 11 is 0. The summed E-state index contributed by atoms with van der Waals surface area (Å²) in [4.78, 5) is 26.3. The van der Waals surface area contributed by atoms with Gasteiger partial charge in [-0.15, -0.1) is 0 Å². The highest BCUT2D eigenvalue weighted by Gasteiger charge is 2.18. The molecule has 4 aromatic rings. The summed E-state index contributed by atoms with van der Waals surface area (Å²) in [5.41, 5.74) is 3.08. The molecule has 0 atom stereocenters. The highest BCUT2D eigenvalue weighted by molar-refractivity contribution is 5.76. The van der Waals surface area contributed by atoms with Gasteiger partial charge in [-0.1, -0.05) is 42.5 Å². The zero-order valence-corrected chi connectivity index (χ0v) is 21.1. The monoisotopic (exact) mass is 513 g/mol. The van der Waals surface area contributed by atoms with Gasteiger partial charge in [-0.3, -0.25) is 9.59 Å². The van der Waals surface area contributed by atoms with Crippen LogP contribution in [0.4, 0.5) is 0 Å². The number of hydrogen-bond donors (Lipinski definition) is 1. The van der Waals surface area contributed by atoms with Crippen LogP contribution in [0.15, 0.2) is 77.6 Å². The van der Waals surface area contributed by atoms with E-state index in [4.69, 9.17) is 18.9 Å². The minimum atomic E-state index is -0.376. The highest BCUT2D eigenvalue weighted by Crippen LogP contribution is 2.35. The predicted octanol–water partition coefficient (Wildman–Crippen LogP) is 3.68. The number of carbonyl (C=O) groups is 1. The first-order chi connectivity index (χ1) is 18.6. The van der Waals surface area contributed by atoms with Gasteiger partial charge >= 0.3 is 0 Å². The van der Waals surface area contributed by atoms with E-state index >= 15 is 0 Å². The maximum atomic E-state index is 13.4. The largest absolute Gasteiger partial charge is 0.493 e. The summed E-state index contributed by atoms with van der Waals surface area (Å²) in [6, 6.07) is 22.2. The van der Waals surface area contributed by atoms with Crippen LogP contribution in [-0.4, -0.2) is 43.2 Å². The minimum absolute atomic E-state index is 0.137. The molecule has 38 heavy (non-hydrogen) atoms. The van der Waals surface area contributed by atoms with Gasteiger partial charge in [0.2, 0.25) is 12.7 Å². The highest BCUT2D eigenvalue weighted by atomic mass is 16.7. The van der Waals surface area contributed by atoms with Crippen molar-refractivity contribution in [1.82, 2.24) is 15.1 Å². The maximum Gasteiger partial charge on any atom is 0.275 e. The van der Waals surface area contributed by atoms with E-state index in [2.05, 4.69) is 10.4 Å². The molecule has 0 aliphatic carbocycles. The predicted molar refractivity (Wildman–Crippen MR) is 142 cm³/mol. The number of benzene rings is 3. The lowest BCUT2D eigenvalue weighted by Gasteiger charge is -2.12. The SMILES string of the molecule is COc1ccc(CCNC(=O)Cn2nc(-c3ccccc3)cc(-c3ccc4c(c3)OCO4)c2=O)cc1OC. The van der Waals surface area contributed by atoms with Crippen molar-refractivity contribution in [3.05, 3.63) is 88.7 Å². The molecule has 194 valence electrons. The summed E-state index contributed by atoms with van der Waals surface area (Å²) in [6.45, 7) is 0.303. The first-order valence-corrected chi connectivity index (χ1v) is 12.1. The number of nitrogens with one attached hydrogen (secondary N) is 1. The maximum absolute atomic E-state index is 13.4. The summed E-state index contributed by atoms with van der Waals surface area (Å²) in [5.74, 6) is 2.14. The number of amides is 1. The van der Waals surface area contributed by atoms with E-state index in [1.54, 1.807) is 38.5 Å². The van der Waals surface area contributed by atoms with Gasteiger partial charge in [-0.25, -0.2) is 4.68 Å². The molecule has 1 aromatic heterocycles. The Morgan fingerprint density at radius 3 is 2.50 bits per heavy atom. The van der Waals surface area contributed by atoms with Crippen LogP contribution in [0.25, 0.3) is 22.4 Å². The number of methoxy groups -OCH3 is 2. The van der Waals surface area contributed by atoms with E-state index in [-0.39, 0.29) is 24.8 Å². The molecule has 0 saturated carbocycles. The van der Waals surface area contributed by atoms with Crippen molar-refractivity contribution < 1.29 is 23.7 Å². The first kappa shape index (κ1) is 24.9. The summed E-state index contributed by atoms with van der Waals surface area (Å²) in [5, 5.41) is 7.38. The van der Waals surface area contributed by atoms with E-state index in [0.29, 0.717) is 52.8 Å². The third kappa shape index (κ3) is 5.31. The Morgan fingerprint density at radius 1 is 0.921 bits per heavy atom. The van der Waals surface area contributed by atoms with Crippen LogP contribution in [0.1, 0.15) is 5.56 Å². The zero-order valence-electron chi connectivity index (χ0n) is 21.1. The molecule has 9 heteroatoms. The number of nitrogens with zero attached hydrogens (tertiary/aromatic N) is 2. The molecule has 0 saturated heterocycles. The van der Waals surface area contributed by atoms with Crippen LogP contribution in [0.2, 0.25) is 0 Å². The number of fused-ring (bicyclic) bond motifs is 1. The molecule has 0 radical (unpaired) electrons. The molecular formula is C29H27N3O6. The van der Waals surface area contributed by atoms with Crippen LogP contribution < -0.4 is 29.8 Å². The van der Waals surface area contributed by atoms with Gasteiger partial charge in [0.05, 0.1) is 25.5 Å². The Morgan fingerprint density at radius 2 is 1.71 bits per heavy atom. The lowest BCUT2D eigenvalue weighted by atomic mass is 10.0. The van der Waals surface area contributed by atoms with Gasteiger partial charge in [0.15, 0.2) is 23.0 Å². The Balaban J connectivity index is 1.37. The van der Waals surface area contributed by atoms with E-state index in [1.807, 2.05) is 48.5 Å². The fourth-order valence-electron chi connectivity index (χ4n) is 4.24. The standard InChI is InChI=1S/C29H27N3O6/c1-35-24-10-8-19(14-26(24)36-2)12-13-30-28(33)17-32-29(34)22(16-23(31-32)20-6-4-3-5-7-20)21-9-11-25-27(15-21)38-18-37-25/h3-11,14-16H,12-13,17-18H2,1-2H3,(H,30,33). The van der Waals surface area contributed by atoms with Crippen LogP contribution in [0.5, 0.6) is 23.0 Å². The van der Waals surface area contributed by atoms with Crippen LogP contribution in [0, 0.1) is 0 Å². The molecule has 1 aliphatic heterocycles. The third-order valence-corrected chi connectivity index (χ3v) is 6.20. The van der Waals surface area contributed by atoms with Crippen molar-refractivity contribution in [2.24, 2.45) is 0 Å². The fourth-order valence-corrected chi connectivity index (χ4v) is 4.24. The van der Waals surface area contributed by atoms with Gasteiger partial charge < -0.3 is 24.3 Å². The average molecular weight is 514 g/mol. The van der Waals surface area contributed by atoms with Crippen molar-refractivity contribution in [1.29, 1.82) is 0 Å². The molecule has 9 nitrogen and oxygen atoms in total. The molecule has 0 bridgehead atoms. The topological polar surface area (TPSA) is 101 Å². The molecule has 1 amide bonds. The van der Waals surface area contributed by atoms with E-state index in [0.717, 1.165) is 11.1 Å². The van der Waals surface area contributed by atoms with Crippen molar-refractivity contribution in [3.63, 3.8) is 0 Å². The summed E-state index contributed by atoms with van der Waals surface area (Å²) in [7, 11) is 3.16. The molecule has 3 aromatic carbocycles. The van der Waals surface area contributed by atoms with E-state index in [1.165, 1.54) is 4.68 Å². The Bertz CT molecular complexity index is 1520. The number of rotatable bonds is 9. The fraction of sp³-hybridized carbons (Fsp3) is 0.207. The Labute approximate surface area is 219 Å². The summed E-state index contributed by atoms with van der Waals surface area (Å²) in [6.07, 6.45) is 0.584. The van der Waals surface area contributed by atoms with Gasteiger partial charge in [-0.2, -0.15) is 5.10 Å². The smallest absolute Gasteiger partial charge is 0.275 e. The molecule has 2 heterocycles. The second-order valence-corrected chi connectivity index (χ2v) is 8.63. The zero-order chi connectivity index (χ0) is 26.5. The average Bonchev–Trinajstić information content (AvgIpc) is 3.42. The third-order valence-electron chi connectivity index (χ3n) is 6.20. The van der Waals surface area contributed by atoms with Crippen molar-refractivity contribution >= 4 is 5.91 Å². The lowest BCUT2D eigenvalue weighted by molar-refractivity contribution is -0.121. The molecule has 5 rings (SSSR count). The number of ether oxygens (including phenoxy) is 4. The second-order valence-electron chi connectivity index (χ2n) is 8.63. The molecule has 0 unspecified atom stereocenters. The summed E-state index contributed by atoms with van der Waals surface area (Å²) < 4.78 is 22.7. The van der Waals surface area contributed by atoms with E-state index in [9.17, 15) is 9.59 Å². The molecule has 1 aliphatic rings. The second kappa shape index (κ2) is 11.1. The number of carbonyl (C=O) groups excluding carboxylic acids is 1. The lowest BCUT2D eigenvalue weighted by Crippen LogP contribution is -2.35. The van der Waals surface area contributed by atoms with Crippen LogP contribution >= 0.6 is 0 Å². The Kier molecular flexibility index (Phi) is 7.26. The van der Waals surface area contributed by atoms with Crippen molar-refractivity contribution in [3.8, 4) is 45.4 Å². The van der Waals surface area contributed by atoms with Gasteiger partial charge in [0.1, 0.15) is 6.54 Å². The molecule has 0 fully saturated rings. The van der Waals surface area contributed by atoms with Crippen molar-refractivity contribution in [2.75, 3.05) is 27.6 Å². The number of aromatic nitrogens is 2. The van der Waals surface area contributed by atoms with Gasteiger partial charge in [-0.05, 0) is 47.9 Å². The minimum Gasteiger partial charge on any atom is -0.493 e. The quantitative estimate of drug-likeness (QED) is 0.364. The molecular weight excluding hydrogens is 486 g/mol. The van der Waals surface area contributed by atoms with Gasteiger partial charge in [0.25, 0.3) is 5.56 Å². The first-order valence-electron chi connectivity index (χ1n) is 12.1. The number of hydrogen-bond acceptors (Lipinski definition) is 7. The van der Waals surface area contributed by atoms with Crippen LogP contribution in [0.3, 0.4) is 0 Å². The van der Waals surface area contributed by atoms with E-state index < -0.39 is 0 Å².